The fourth-order valence-electron chi connectivity index (χ4n) is 8.47. The molecule has 242 valence electrons. The Morgan fingerprint density at radius 3 is 1.85 bits per heavy atom. The second-order valence-corrected chi connectivity index (χ2v) is 13.5. The standard InChI is InChI=1S/C46H27N5O/c1-2-10-28(11-3-1)50-40-15-7-5-13-34(40)36-26-43-35(27-44(36)50)32-21-19-29(24-37(32)45-47-22-23-49(43)45)52-30-18-20-31-33-12-4-8-16-41(33)51-42-17-9-6-14-39(42)48-46(51)38(31)25-30/h1-27H. The van der Waals surface area contributed by atoms with Crippen LogP contribution in [-0.4, -0.2) is 23.3 Å². The number of para-hydroxylation sites is 5. The fourth-order valence-corrected chi connectivity index (χ4v) is 8.47. The van der Waals surface area contributed by atoms with Crippen LogP contribution in [0, 0.1) is 0 Å². The number of pyridine rings is 2. The molecule has 12 aromatic rings. The molecule has 0 N–H and O–H groups in total. The molecule has 0 bridgehead atoms. The summed E-state index contributed by atoms with van der Waals surface area (Å²) in [6.07, 6.45) is 3.94. The summed E-state index contributed by atoms with van der Waals surface area (Å²) in [4.78, 5) is 9.95. The minimum atomic E-state index is 0.751. The van der Waals surface area contributed by atoms with Crippen LogP contribution < -0.4 is 4.74 Å². The minimum absolute atomic E-state index is 0.751. The molecule has 12 rings (SSSR count). The summed E-state index contributed by atoms with van der Waals surface area (Å²) in [6, 6.07) is 53.5. The molecule has 5 heterocycles. The number of hydrogen-bond donors (Lipinski definition) is 0. The van der Waals surface area contributed by atoms with Gasteiger partial charge in [-0.1, -0.05) is 66.7 Å². The SMILES string of the molecule is c1ccc(-n2c3ccccc3c3cc4c(cc32)c2ccc(Oc3ccc5c6ccccc6n6c7ccccc7nc6c5c3)cc2c2nccn42)cc1. The maximum atomic E-state index is 6.68. The monoisotopic (exact) mass is 665 g/mol. The van der Waals surface area contributed by atoms with Gasteiger partial charge in [0.25, 0.3) is 0 Å². The molecule has 0 aliphatic carbocycles. The average Bonchev–Trinajstić information content (AvgIpc) is 3.93. The third-order valence-corrected chi connectivity index (χ3v) is 10.7. The molecule has 0 aliphatic rings. The van der Waals surface area contributed by atoms with Crippen molar-refractivity contribution in [1.82, 2.24) is 23.3 Å². The predicted octanol–water partition coefficient (Wildman–Crippen LogP) is 11.6. The Bertz CT molecular complexity index is 3440. The van der Waals surface area contributed by atoms with Crippen molar-refractivity contribution in [3.8, 4) is 17.2 Å². The smallest absolute Gasteiger partial charge is 0.146 e. The number of fused-ring (bicyclic) bond motifs is 17. The van der Waals surface area contributed by atoms with Gasteiger partial charge in [-0.3, -0.25) is 8.80 Å². The van der Waals surface area contributed by atoms with E-state index in [0.717, 1.165) is 77.5 Å². The average molecular weight is 666 g/mol. The maximum absolute atomic E-state index is 6.68. The van der Waals surface area contributed by atoms with Crippen LogP contribution in [0.25, 0.3) is 93.2 Å². The van der Waals surface area contributed by atoms with Crippen LogP contribution in [0.5, 0.6) is 11.5 Å². The van der Waals surface area contributed by atoms with Crippen LogP contribution in [-0.2, 0) is 0 Å². The zero-order chi connectivity index (χ0) is 33.9. The molecule has 0 amide bonds. The van der Waals surface area contributed by atoms with Crippen molar-refractivity contribution in [2.45, 2.75) is 0 Å². The summed E-state index contributed by atoms with van der Waals surface area (Å²) in [5, 5.41) is 9.13. The lowest BCUT2D eigenvalue weighted by atomic mass is 10.0. The number of imidazole rings is 2. The largest absolute Gasteiger partial charge is 0.457 e. The molecule has 52 heavy (non-hydrogen) atoms. The van der Waals surface area contributed by atoms with Gasteiger partial charge in [-0.05, 0) is 95.7 Å². The van der Waals surface area contributed by atoms with Crippen molar-refractivity contribution in [3.05, 3.63) is 164 Å². The lowest BCUT2D eigenvalue weighted by Crippen LogP contribution is -1.95. The molecule has 0 aliphatic heterocycles. The highest BCUT2D eigenvalue weighted by molar-refractivity contribution is 6.20. The second kappa shape index (κ2) is 10.2. The van der Waals surface area contributed by atoms with Gasteiger partial charge in [0.05, 0.1) is 33.1 Å². The number of ether oxygens (including phenoxy) is 1. The van der Waals surface area contributed by atoms with Crippen molar-refractivity contribution in [3.63, 3.8) is 0 Å². The van der Waals surface area contributed by atoms with Gasteiger partial charge in [0.1, 0.15) is 22.8 Å². The Morgan fingerprint density at radius 2 is 1.04 bits per heavy atom. The quantitative estimate of drug-likeness (QED) is 0.177. The molecule has 7 aromatic carbocycles. The van der Waals surface area contributed by atoms with Gasteiger partial charge in [0, 0.05) is 50.4 Å². The van der Waals surface area contributed by atoms with Crippen molar-refractivity contribution >= 4 is 87.5 Å². The van der Waals surface area contributed by atoms with Crippen LogP contribution in [0.1, 0.15) is 0 Å². The molecule has 0 spiro atoms. The number of benzene rings is 7. The lowest BCUT2D eigenvalue weighted by molar-refractivity contribution is 0.484. The zero-order valence-electron chi connectivity index (χ0n) is 27.7. The van der Waals surface area contributed by atoms with E-state index in [1.54, 1.807) is 0 Å². The van der Waals surface area contributed by atoms with E-state index in [2.05, 4.69) is 165 Å². The molecule has 0 fully saturated rings. The van der Waals surface area contributed by atoms with Gasteiger partial charge >= 0.3 is 0 Å². The van der Waals surface area contributed by atoms with Crippen molar-refractivity contribution in [2.24, 2.45) is 0 Å². The van der Waals surface area contributed by atoms with Gasteiger partial charge in [-0.25, -0.2) is 9.97 Å². The molecule has 6 nitrogen and oxygen atoms in total. The number of nitrogens with zero attached hydrogens (tertiary/aromatic N) is 5. The molecule has 0 saturated carbocycles. The minimum Gasteiger partial charge on any atom is -0.457 e. The predicted molar refractivity (Wildman–Crippen MR) is 212 cm³/mol. The number of hydrogen-bond acceptors (Lipinski definition) is 3. The summed E-state index contributed by atoms with van der Waals surface area (Å²) in [7, 11) is 0. The van der Waals surface area contributed by atoms with E-state index in [9.17, 15) is 0 Å². The Balaban J connectivity index is 1.06. The van der Waals surface area contributed by atoms with E-state index >= 15 is 0 Å². The van der Waals surface area contributed by atoms with Crippen LogP contribution in [0.2, 0.25) is 0 Å². The third kappa shape index (κ3) is 3.72. The summed E-state index contributed by atoms with van der Waals surface area (Å²) >= 11 is 0. The summed E-state index contributed by atoms with van der Waals surface area (Å²) in [5.74, 6) is 1.51. The second-order valence-electron chi connectivity index (χ2n) is 13.5. The Hall–Kier alpha value is -7.18. The van der Waals surface area contributed by atoms with Gasteiger partial charge in [-0.15, -0.1) is 0 Å². The normalized spacial score (nSPS) is 12.2. The summed E-state index contributed by atoms with van der Waals surface area (Å²) < 4.78 is 13.5. The van der Waals surface area contributed by atoms with Crippen molar-refractivity contribution in [1.29, 1.82) is 0 Å². The number of aromatic nitrogens is 5. The van der Waals surface area contributed by atoms with Crippen LogP contribution >= 0.6 is 0 Å². The first kappa shape index (κ1) is 27.6. The third-order valence-electron chi connectivity index (χ3n) is 10.7. The molecule has 0 saturated heterocycles. The molecule has 0 unspecified atom stereocenters. The Kier molecular flexibility index (Phi) is 5.41. The highest BCUT2D eigenvalue weighted by Crippen LogP contribution is 2.40. The van der Waals surface area contributed by atoms with Crippen LogP contribution in [0.15, 0.2) is 164 Å². The molecule has 6 heteroatoms. The molecule has 0 radical (unpaired) electrons. The van der Waals surface area contributed by atoms with Gasteiger partial charge in [0.15, 0.2) is 0 Å². The highest BCUT2D eigenvalue weighted by atomic mass is 16.5. The topological polar surface area (TPSA) is 48.8 Å². The van der Waals surface area contributed by atoms with Crippen molar-refractivity contribution in [2.75, 3.05) is 0 Å². The van der Waals surface area contributed by atoms with E-state index in [0.29, 0.717) is 0 Å². The Morgan fingerprint density at radius 1 is 0.423 bits per heavy atom. The molecule has 0 atom stereocenters. The first-order valence-electron chi connectivity index (χ1n) is 17.5. The van der Waals surface area contributed by atoms with Gasteiger partial charge in [0.2, 0.25) is 0 Å². The summed E-state index contributed by atoms with van der Waals surface area (Å²) in [5.41, 5.74) is 9.63. The summed E-state index contributed by atoms with van der Waals surface area (Å²) in [6.45, 7) is 0. The highest BCUT2D eigenvalue weighted by Gasteiger charge is 2.18. The van der Waals surface area contributed by atoms with E-state index < -0.39 is 0 Å². The fraction of sp³-hybridized carbons (Fsp3) is 0. The van der Waals surface area contributed by atoms with Gasteiger partial charge < -0.3 is 9.30 Å². The maximum Gasteiger partial charge on any atom is 0.146 e. The number of rotatable bonds is 3. The molecular formula is C46H27N5O. The van der Waals surface area contributed by atoms with Crippen LogP contribution in [0.4, 0.5) is 0 Å². The zero-order valence-corrected chi connectivity index (χ0v) is 27.7. The van der Waals surface area contributed by atoms with E-state index in [1.165, 1.54) is 27.2 Å². The lowest BCUT2D eigenvalue weighted by Gasteiger charge is -2.13. The van der Waals surface area contributed by atoms with E-state index in [1.807, 2.05) is 12.3 Å². The molecule has 5 aromatic heterocycles. The van der Waals surface area contributed by atoms with Crippen LogP contribution in [0.3, 0.4) is 0 Å². The first-order valence-corrected chi connectivity index (χ1v) is 17.5. The van der Waals surface area contributed by atoms with Crippen molar-refractivity contribution < 1.29 is 4.74 Å². The first-order chi connectivity index (χ1) is 25.8. The Labute approximate surface area is 296 Å². The van der Waals surface area contributed by atoms with Gasteiger partial charge in [-0.2, -0.15) is 0 Å². The molecular weight excluding hydrogens is 639 g/mol. The van der Waals surface area contributed by atoms with E-state index in [4.69, 9.17) is 14.7 Å². The van der Waals surface area contributed by atoms with E-state index in [-0.39, 0.29) is 0 Å².